The number of ketones is 1. The highest BCUT2D eigenvalue weighted by atomic mass is 32.2. The summed E-state index contributed by atoms with van der Waals surface area (Å²) in [4.78, 5) is 13.5. The van der Waals surface area contributed by atoms with E-state index in [1.54, 1.807) is 31.4 Å². The molecule has 25 heavy (non-hydrogen) atoms. The van der Waals surface area contributed by atoms with E-state index < -0.39 is 5.82 Å². The molecular weight excluding hydrogens is 343 g/mol. The highest BCUT2D eigenvalue weighted by molar-refractivity contribution is 7.99. The molecule has 0 atom stereocenters. The fraction of sp³-hybridized carbons (Fsp3) is 0.211. The molecule has 1 aliphatic rings. The molecule has 2 aromatic carbocycles. The number of carbonyl (C=O) groups excluding carboxylic acids is 1. The van der Waals surface area contributed by atoms with Gasteiger partial charge in [0.1, 0.15) is 5.82 Å². The molecule has 130 valence electrons. The van der Waals surface area contributed by atoms with Crippen molar-refractivity contribution in [1.82, 2.24) is 0 Å². The van der Waals surface area contributed by atoms with Crippen molar-refractivity contribution in [3.8, 4) is 17.2 Å². The van der Waals surface area contributed by atoms with Gasteiger partial charge in [0.05, 0.1) is 21.3 Å². The minimum atomic E-state index is -0.419. The van der Waals surface area contributed by atoms with Crippen molar-refractivity contribution in [1.29, 1.82) is 0 Å². The van der Waals surface area contributed by atoms with Gasteiger partial charge in [0.25, 0.3) is 0 Å². The first-order chi connectivity index (χ1) is 12.1. The Morgan fingerprint density at radius 1 is 1.04 bits per heavy atom. The molecule has 0 radical (unpaired) electrons. The number of fused-ring (bicyclic) bond motifs is 1. The molecule has 0 aromatic heterocycles. The number of hydrogen-bond acceptors (Lipinski definition) is 5. The number of rotatable bonds is 4. The van der Waals surface area contributed by atoms with E-state index >= 15 is 0 Å². The Hall–Kier alpha value is -2.47. The van der Waals surface area contributed by atoms with Crippen LogP contribution in [-0.2, 0) is 0 Å². The first-order valence-corrected chi connectivity index (χ1v) is 8.54. The van der Waals surface area contributed by atoms with Crippen LogP contribution in [0.5, 0.6) is 17.2 Å². The predicted octanol–water partition coefficient (Wildman–Crippen LogP) is 4.22. The van der Waals surface area contributed by atoms with Crippen LogP contribution in [0.3, 0.4) is 0 Å². The van der Waals surface area contributed by atoms with Gasteiger partial charge in [0.15, 0.2) is 17.3 Å². The molecule has 0 N–H and O–H groups in total. The summed E-state index contributed by atoms with van der Waals surface area (Å²) in [5.74, 6) is 1.40. The molecule has 0 bridgehead atoms. The number of thioether (sulfide) groups is 1. The molecule has 4 nitrogen and oxygen atoms in total. The van der Waals surface area contributed by atoms with E-state index in [0.717, 1.165) is 4.90 Å². The SMILES string of the molecule is COc1ccc(/C=C2\CSc3ccc(F)cc3C2=O)c(OC)c1OC. The third-order valence-corrected chi connectivity index (χ3v) is 5.05. The molecule has 3 rings (SSSR count). The Morgan fingerprint density at radius 3 is 2.48 bits per heavy atom. The molecule has 0 saturated heterocycles. The molecule has 0 fully saturated rings. The van der Waals surface area contributed by atoms with Crippen molar-refractivity contribution < 1.29 is 23.4 Å². The van der Waals surface area contributed by atoms with Crippen molar-refractivity contribution in [2.24, 2.45) is 0 Å². The average molecular weight is 360 g/mol. The molecule has 0 spiro atoms. The van der Waals surface area contributed by atoms with Gasteiger partial charge in [-0.3, -0.25) is 4.79 Å². The summed E-state index contributed by atoms with van der Waals surface area (Å²) in [6.45, 7) is 0. The second-order valence-corrected chi connectivity index (χ2v) is 6.37. The van der Waals surface area contributed by atoms with Crippen molar-refractivity contribution >= 4 is 23.6 Å². The van der Waals surface area contributed by atoms with Crippen molar-refractivity contribution in [2.45, 2.75) is 4.90 Å². The van der Waals surface area contributed by atoms with Gasteiger partial charge < -0.3 is 14.2 Å². The molecule has 0 amide bonds. The van der Waals surface area contributed by atoms with E-state index in [2.05, 4.69) is 0 Å². The summed E-state index contributed by atoms with van der Waals surface area (Å²) < 4.78 is 29.6. The first kappa shape index (κ1) is 17.4. The summed E-state index contributed by atoms with van der Waals surface area (Å²) in [7, 11) is 4.60. The fourth-order valence-corrected chi connectivity index (χ4v) is 3.73. The lowest BCUT2D eigenvalue weighted by molar-refractivity contribution is 0.103. The highest BCUT2D eigenvalue weighted by Gasteiger charge is 2.24. The number of Topliss-reactive ketones (excluding diaryl/α,β-unsaturated/α-hetero) is 1. The molecule has 2 aromatic rings. The van der Waals surface area contributed by atoms with Crippen molar-refractivity contribution in [3.05, 3.63) is 52.8 Å². The number of benzene rings is 2. The number of carbonyl (C=O) groups is 1. The van der Waals surface area contributed by atoms with Crippen LogP contribution >= 0.6 is 11.8 Å². The molecule has 1 heterocycles. The molecule has 0 unspecified atom stereocenters. The lowest BCUT2D eigenvalue weighted by Crippen LogP contribution is -2.12. The van der Waals surface area contributed by atoms with Gasteiger partial charge in [0.2, 0.25) is 5.75 Å². The number of halogens is 1. The quantitative estimate of drug-likeness (QED) is 0.764. The van der Waals surface area contributed by atoms with Crippen LogP contribution in [0.1, 0.15) is 15.9 Å². The smallest absolute Gasteiger partial charge is 0.203 e. The monoisotopic (exact) mass is 360 g/mol. The Balaban J connectivity index is 2.06. The van der Waals surface area contributed by atoms with E-state index in [9.17, 15) is 9.18 Å². The van der Waals surface area contributed by atoms with E-state index in [1.165, 1.54) is 38.1 Å². The first-order valence-electron chi connectivity index (χ1n) is 7.55. The summed E-state index contributed by atoms with van der Waals surface area (Å²) in [5, 5.41) is 0. The van der Waals surface area contributed by atoms with Crippen LogP contribution in [0, 0.1) is 5.82 Å². The maximum absolute atomic E-state index is 13.5. The zero-order chi connectivity index (χ0) is 18.0. The summed E-state index contributed by atoms with van der Waals surface area (Å²) in [6, 6.07) is 7.84. The van der Waals surface area contributed by atoms with Crippen LogP contribution in [0.15, 0.2) is 40.8 Å². The van der Waals surface area contributed by atoms with E-state index in [1.807, 2.05) is 0 Å². The van der Waals surface area contributed by atoms with Crippen LogP contribution in [0.2, 0.25) is 0 Å². The molecular formula is C19H17FO4S. The van der Waals surface area contributed by atoms with Crippen molar-refractivity contribution in [2.75, 3.05) is 27.1 Å². The number of hydrogen-bond donors (Lipinski definition) is 0. The Bertz CT molecular complexity index is 861. The maximum Gasteiger partial charge on any atom is 0.203 e. The molecule has 0 saturated carbocycles. The highest BCUT2D eigenvalue weighted by Crippen LogP contribution is 2.41. The largest absolute Gasteiger partial charge is 0.493 e. The van der Waals surface area contributed by atoms with Crippen LogP contribution in [-0.4, -0.2) is 32.9 Å². The lowest BCUT2D eigenvalue weighted by atomic mass is 10.0. The van der Waals surface area contributed by atoms with Crippen molar-refractivity contribution in [3.63, 3.8) is 0 Å². The third kappa shape index (κ3) is 3.22. The van der Waals surface area contributed by atoms with Crippen LogP contribution in [0.4, 0.5) is 4.39 Å². The second-order valence-electron chi connectivity index (χ2n) is 5.35. The maximum atomic E-state index is 13.5. The molecule has 0 aliphatic carbocycles. The minimum absolute atomic E-state index is 0.176. The zero-order valence-electron chi connectivity index (χ0n) is 14.1. The van der Waals surface area contributed by atoms with Gasteiger partial charge in [-0.25, -0.2) is 4.39 Å². The summed E-state index contributed by atoms with van der Waals surface area (Å²) >= 11 is 1.51. The van der Waals surface area contributed by atoms with Crippen LogP contribution < -0.4 is 14.2 Å². The second kappa shape index (κ2) is 7.19. The standard InChI is InChI=1S/C19H17FO4S/c1-22-15-6-4-11(18(23-2)19(15)24-3)8-12-10-25-16-7-5-13(20)9-14(16)17(12)21/h4-9H,10H2,1-3H3/b12-8+. The van der Waals surface area contributed by atoms with Gasteiger partial charge in [-0.15, -0.1) is 11.8 Å². The van der Waals surface area contributed by atoms with E-state index in [0.29, 0.717) is 39.7 Å². The fourth-order valence-electron chi connectivity index (χ4n) is 2.73. The Labute approximate surface area is 149 Å². The average Bonchev–Trinajstić information content (AvgIpc) is 2.63. The summed E-state index contributed by atoms with van der Waals surface area (Å²) in [6.07, 6.45) is 1.75. The van der Waals surface area contributed by atoms with Crippen LogP contribution in [0.25, 0.3) is 6.08 Å². The van der Waals surface area contributed by atoms with Gasteiger partial charge in [-0.05, 0) is 36.4 Å². The lowest BCUT2D eigenvalue weighted by Gasteiger charge is -2.18. The number of ether oxygens (including phenoxy) is 3. The normalized spacial score (nSPS) is 15.0. The van der Waals surface area contributed by atoms with Gasteiger partial charge >= 0.3 is 0 Å². The zero-order valence-corrected chi connectivity index (χ0v) is 14.9. The third-order valence-electron chi connectivity index (χ3n) is 3.93. The summed E-state index contributed by atoms with van der Waals surface area (Å²) in [5.41, 5.74) is 1.67. The van der Waals surface area contributed by atoms with E-state index in [-0.39, 0.29) is 5.78 Å². The molecule has 1 aliphatic heterocycles. The Morgan fingerprint density at radius 2 is 1.80 bits per heavy atom. The predicted molar refractivity (Wildman–Crippen MR) is 95.5 cm³/mol. The number of methoxy groups -OCH3 is 3. The van der Waals surface area contributed by atoms with Gasteiger partial charge in [-0.1, -0.05) is 0 Å². The topological polar surface area (TPSA) is 44.8 Å². The minimum Gasteiger partial charge on any atom is -0.493 e. The van der Waals surface area contributed by atoms with E-state index in [4.69, 9.17) is 14.2 Å². The van der Waals surface area contributed by atoms with Gasteiger partial charge in [0, 0.05) is 27.3 Å². The molecule has 6 heteroatoms. The Kier molecular flexibility index (Phi) is 4.99. The van der Waals surface area contributed by atoms with Gasteiger partial charge in [-0.2, -0.15) is 0 Å².